The topological polar surface area (TPSA) is 84.3 Å². The van der Waals surface area contributed by atoms with Crippen LogP contribution in [0.15, 0.2) is 18.2 Å². The Hall–Kier alpha value is -2.11. The van der Waals surface area contributed by atoms with Gasteiger partial charge in [-0.1, -0.05) is 13.8 Å². The minimum absolute atomic E-state index is 0.0226. The van der Waals surface area contributed by atoms with E-state index in [1.165, 1.54) is 18.2 Å². The number of amides is 1. The van der Waals surface area contributed by atoms with Gasteiger partial charge in [-0.2, -0.15) is 0 Å². The number of carbonyl (C=O) groups is 1. The monoisotopic (exact) mass is 279 g/mol. The number of nitro groups is 1. The molecule has 0 saturated carbocycles. The Morgan fingerprint density at radius 1 is 1.35 bits per heavy atom. The molecular formula is C14H21N3O3. The molecule has 0 aliphatic heterocycles. The van der Waals surface area contributed by atoms with E-state index in [1.54, 1.807) is 0 Å². The van der Waals surface area contributed by atoms with Gasteiger partial charge in [0.1, 0.15) is 5.69 Å². The lowest BCUT2D eigenvalue weighted by Gasteiger charge is -2.19. The highest BCUT2D eigenvalue weighted by Crippen LogP contribution is 2.27. The number of hydrogen-bond acceptors (Lipinski definition) is 4. The highest BCUT2D eigenvalue weighted by atomic mass is 16.6. The first-order valence-corrected chi connectivity index (χ1v) is 6.70. The molecule has 0 bridgehead atoms. The summed E-state index contributed by atoms with van der Waals surface area (Å²) in [6.45, 7) is 8.34. The van der Waals surface area contributed by atoms with Gasteiger partial charge in [-0.25, -0.2) is 0 Å². The van der Waals surface area contributed by atoms with Crippen LogP contribution in [0.5, 0.6) is 0 Å². The maximum atomic E-state index is 11.8. The molecule has 0 fully saturated rings. The third-order valence-electron chi connectivity index (χ3n) is 3.18. The van der Waals surface area contributed by atoms with E-state index in [2.05, 4.69) is 10.6 Å². The molecule has 1 aromatic rings. The van der Waals surface area contributed by atoms with Crippen molar-refractivity contribution in [2.45, 2.75) is 33.7 Å². The third-order valence-corrected chi connectivity index (χ3v) is 3.18. The number of rotatable bonds is 6. The average Bonchev–Trinajstić information content (AvgIpc) is 2.38. The Morgan fingerprint density at radius 3 is 2.50 bits per heavy atom. The van der Waals surface area contributed by atoms with Gasteiger partial charge in [-0.3, -0.25) is 14.9 Å². The molecule has 20 heavy (non-hydrogen) atoms. The maximum absolute atomic E-state index is 11.8. The summed E-state index contributed by atoms with van der Waals surface area (Å²) in [6.07, 6.45) is 0. The van der Waals surface area contributed by atoms with E-state index < -0.39 is 4.92 Å². The van der Waals surface area contributed by atoms with Crippen LogP contribution in [0.2, 0.25) is 0 Å². The first-order chi connectivity index (χ1) is 9.36. The number of nitro benzene ring substituents is 1. The van der Waals surface area contributed by atoms with E-state index in [4.69, 9.17) is 0 Å². The van der Waals surface area contributed by atoms with Crippen LogP contribution in [0.25, 0.3) is 0 Å². The van der Waals surface area contributed by atoms with Crippen LogP contribution in [0, 0.1) is 16.0 Å². The lowest BCUT2D eigenvalue weighted by molar-refractivity contribution is -0.384. The van der Waals surface area contributed by atoms with Crippen molar-refractivity contribution in [2.75, 3.05) is 11.9 Å². The van der Waals surface area contributed by atoms with Gasteiger partial charge < -0.3 is 10.6 Å². The van der Waals surface area contributed by atoms with Crippen molar-refractivity contribution in [2.24, 2.45) is 5.92 Å². The summed E-state index contributed by atoms with van der Waals surface area (Å²) < 4.78 is 0. The summed E-state index contributed by atoms with van der Waals surface area (Å²) in [5.74, 6) is 0.0883. The van der Waals surface area contributed by atoms with Gasteiger partial charge >= 0.3 is 0 Å². The van der Waals surface area contributed by atoms with Crippen LogP contribution < -0.4 is 10.6 Å². The van der Waals surface area contributed by atoms with Crippen molar-refractivity contribution >= 4 is 17.3 Å². The highest BCUT2D eigenvalue weighted by Gasteiger charge is 2.19. The molecule has 1 rings (SSSR count). The molecule has 0 spiro atoms. The van der Waals surface area contributed by atoms with Crippen LogP contribution in [0.1, 0.15) is 38.1 Å². The maximum Gasteiger partial charge on any atom is 0.292 e. The summed E-state index contributed by atoms with van der Waals surface area (Å²) in [7, 11) is 0. The smallest absolute Gasteiger partial charge is 0.292 e. The molecule has 2 N–H and O–H groups in total. The van der Waals surface area contributed by atoms with E-state index in [-0.39, 0.29) is 17.6 Å². The SMILES string of the molecule is CCNC(=O)c1ccc([N+](=O)[O-])c(NC(C)C(C)C)c1. The molecular weight excluding hydrogens is 258 g/mol. The van der Waals surface area contributed by atoms with E-state index in [0.717, 1.165) is 0 Å². The van der Waals surface area contributed by atoms with E-state index in [0.29, 0.717) is 23.7 Å². The molecule has 6 nitrogen and oxygen atoms in total. The molecule has 0 radical (unpaired) electrons. The fraction of sp³-hybridized carbons (Fsp3) is 0.500. The third kappa shape index (κ3) is 3.94. The van der Waals surface area contributed by atoms with Gasteiger partial charge in [0.05, 0.1) is 4.92 Å². The number of benzene rings is 1. The zero-order valence-corrected chi connectivity index (χ0v) is 12.3. The summed E-state index contributed by atoms with van der Waals surface area (Å²) in [4.78, 5) is 22.4. The second-order valence-electron chi connectivity index (χ2n) is 5.03. The van der Waals surface area contributed by atoms with E-state index in [1.807, 2.05) is 27.7 Å². The van der Waals surface area contributed by atoms with E-state index in [9.17, 15) is 14.9 Å². The fourth-order valence-corrected chi connectivity index (χ4v) is 1.63. The molecule has 0 aliphatic rings. The number of nitrogens with zero attached hydrogens (tertiary/aromatic N) is 1. The average molecular weight is 279 g/mol. The predicted octanol–water partition coefficient (Wildman–Crippen LogP) is 2.80. The van der Waals surface area contributed by atoms with Crippen LogP contribution in [0.3, 0.4) is 0 Å². The van der Waals surface area contributed by atoms with Crippen LogP contribution in [-0.2, 0) is 0 Å². The van der Waals surface area contributed by atoms with Gasteiger partial charge in [-0.15, -0.1) is 0 Å². The Bertz CT molecular complexity index is 500. The Balaban J connectivity index is 3.12. The lowest BCUT2D eigenvalue weighted by atomic mass is 10.1. The van der Waals surface area contributed by atoms with Crippen molar-refractivity contribution in [1.82, 2.24) is 5.32 Å². The van der Waals surface area contributed by atoms with Crippen LogP contribution in [-0.4, -0.2) is 23.4 Å². The molecule has 1 unspecified atom stereocenters. The minimum atomic E-state index is -0.448. The van der Waals surface area contributed by atoms with Gasteiger partial charge in [-0.05, 0) is 31.9 Å². The second kappa shape index (κ2) is 6.88. The second-order valence-corrected chi connectivity index (χ2v) is 5.03. The fourth-order valence-electron chi connectivity index (χ4n) is 1.63. The van der Waals surface area contributed by atoms with Crippen LogP contribution >= 0.6 is 0 Å². The lowest BCUT2D eigenvalue weighted by Crippen LogP contribution is -2.24. The first kappa shape index (κ1) is 15.9. The van der Waals surface area contributed by atoms with Crippen molar-refractivity contribution in [3.05, 3.63) is 33.9 Å². The van der Waals surface area contributed by atoms with Crippen LogP contribution in [0.4, 0.5) is 11.4 Å². The standard InChI is InChI=1S/C14H21N3O3/c1-5-15-14(18)11-6-7-13(17(19)20)12(8-11)16-10(4)9(2)3/h6-10,16H,5H2,1-4H3,(H,15,18). The highest BCUT2D eigenvalue weighted by molar-refractivity contribution is 5.95. The van der Waals surface area contributed by atoms with Crippen molar-refractivity contribution in [1.29, 1.82) is 0 Å². The predicted molar refractivity (Wildman–Crippen MR) is 79.0 cm³/mol. The summed E-state index contributed by atoms with van der Waals surface area (Å²) >= 11 is 0. The minimum Gasteiger partial charge on any atom is -0.377 e. The summed E-state index contributed by atoms with van der Waals surface area (Å²) in [6, 6.07) is 4.43. The molecule has 110 valence electrons. The van der Waals surface area contributed by atoms with Gasteiger partial charge in [0.25, 0.3) is 11.6 Å². The molecule has 0 heterocycles. The van der Waals surface area contributed by atoms with Gasteiger partial charge in [0.2, 0.25) is 0 Å². The first-order valence-electron chi connectivity index (χ1n) is 6.70. The molecule has 0 aromatic heterocycles. The zero-order chi connectivity index (χ0) is 15.3. The molecule has 1 atom stereocenters. The van der Waals surface area contributed by atoms with E-state index >= 15 is 0 Å². The Labute approximate surface area is 118 Å². The molecule has 1 aromatic carbocycles. The van der Waals surface area contributed by atoms with Gasteiger partial charge in [0.15, 0.2) is 0 Å². The number of nitrogens with one attached hydrogen (secondary N) is 2. The molecule has 0 saturated heterocycles. The van der Waals surface area contributed by atoms with Crippen molar-refractivity contribution < 1.29 is 9.72 Å². The Morgan fingerprint density at radius 2 is 2.00 bits per heavy atom. The Kier molecular flexibility index (Phi) is 5.49. The summed E-state index contributed by atoms with van der Waals surface area (Å²) in [5, 5.41) is 16.8. The number of hydrogen-bond donors (Lipinski definition) is 2. The number of carbonyl (C=O) groups excluding carboxylic acids is 1. The molecule has 0 aliphatic carbocycles. The van der Waals surface area contributed by atoms with Gasteiger partial charge in [0, 0.05) is 24.2 Å². The normalized spacial score (nSPS) is 12.1. The summed E-state index contributed by atoms with van der Waals surface area (Å²) in [5.41, 5.74) is 0.765. The number of anilines is 1. The van der Waals surface area contributed by atoms with Crippen molar-refractivity contribution in [3.8, 4) is 0 Å². The molecule has 1 amide bonds. The van der Waals surface area contributed by atoms with Crippen molar-refractivity contribution in [3.63, 3.8) is 0 Å². The molecule has 6 heteroatoms. The zero-order valence-electron chi connectivity index (χ0n) is 12.3. The quantitative estimate of drug-likeness (QED) is 0.619. The largest absolute Gasteiger partial charge is 0.377 e.